The van der Waals surface area contributed by atoms with Crippen LogP contribution in [0.25, 0.3) is 10.8 Å². The van der Waals surface area contributed by atoms with Crippen molar-refractivity contribution >= 4 is 16.5 Å². The number of hydrogen-bond donors (Lipinski definition) is 1. The minimum absolute atomic E-state index is 0.372. The second kappa shape index (κ2) is 6.60. The van der Waals surface area contributed by atoms with Gasteiger partial charge in [-0.1, -0.05) is 38.1 Å². The Bertz CT molecular complexity index is 653. The molecule has 110 valence electrons. The van der Waals surface area contributed by atoms with Gasteiger partial charge in [0.05, 0.1) is 11.6 Å². The molecule has 2 rings (SSSR count). The highest BCUT2D eigenvalue weighted by atomic mass is 15.1. The predicted molar refractivity (Wildman–Crippen MR) is 89.5 cm³/mol. The van der Waals surface area contributed by atoms with E-state index in [0.717, 1.165) is 28.6 Å². The van der Waals surface area contributed by atoms with Gasteiger partial charge >= 0.3 is 0 Å². The van der Waals surface area contributed by atoms with Crippen LogP contribution in [0.5, 0.6) is 0 Å². The summed E-state index contributed by atoms with van der Waals surface area (Å²) in [6.07, 6.45) is 0. The van der Waals surface area contributed by atoms with E-state index in [1.165, 1.54) is 0 Å². The molecule has 0 aliphatic rings. The van der Waals surface area contributed by atoms with Crippen LogP contribution in [0.1, 0.15) is 19.4 Å². The first-order valence-corrected chi connectivity index (χ1v) is 7.36. The molecule has 1 unspecified atom stereocenters. The standard InChI is InChI=1S/C18H23N3/c1-13(2)18(12-21(3)4)20-17-10-9-14(11-19)15-7-5-6-8-16(15)17/h5-10,13,18,20H,12H2,1-4H3. The average Bonchev–Trinajstić information content (AvgIpc) is 2.46. The normalized spacial score (nSPS) is 12.6. The van der Waals surface area contributed by atoms with Gasteiger partial charge in [-0.05, 0) is 32.1 Å². The molecule has 0 aliphatic heterocycles. The molecule has 2 aromatic carbocycles. The van der Waals surface area contributed by atoms with Gasteiger partial charge in [0.1, 0.15) is 0 Å². The van der Waals surface area contributed by atoms with E-state index >= 15 is 0 Å². The van der Waals surface area contributed by atoms with E-state index < -0.39 is 0 Å². The van der Waals surface area contributed by atoms with Crippen LogP contribution in [0.2, 0.25) is 0 Å². The molecule has 3 heteroatoms. The molecule has 0 bridgehead atoms. The van der Waals surface area contributed by atoms with Crippen molar-refractivity contribution in [2.45, 2.75) is 19.9 Å². The van der Waals surface area contributed by atoms with E-state index in [-0.39, 0.29) is 0 Å². The fraction of sp³-hybridized carbons (Fsp3) is 0.389. The van der Waals surface area contributed by atoms with Crippen LogP contribution in [-0.4, -0.2) is 31.6 Å². The second-order valence-electron chi connectivity index (χ2n) is 6.08. The molecule has 0 saturated carbocycles. The summed E-state index contributed by atoms with van der Waals surface area (Å²) < 4.78 is 0. The first-order chi connectivity index (χ1) is 10.0. The summed E-state index contributed by atoms with van der Waals surface area (Å²) in [4.78, 5) is 2.20. The molecular formula is C18H23N3. The smallest absolute Gasteiger partial charge is 0.0998 e. The van der Waals surface area contributed by atoms with Gasteiger partial charge in [-0.15, -0.1) is 0 Å². The number of anilines is 1. The molecule has 1 N–H and O–H groups in total. The largest absolute Gasteiger partial charge is 0.380 e. The topological polar surface area (TPSA) is 39.1 Å². The van der Waals surface area contributed by atoms with Crippen LogP contribution in [-0.2, 0) is 0 Å². The number of fused-ring (bicyclic) bond motifs is 1. The second-order valence-corrected chi connectivity index (χ2v) is 6.08. The third-order valence-corrected chi connectivity index (χ3v) is 3.75. The van der Waals surface area contributed by atoms with E-state index in [1.807, 2.05) is 30.3 Å². The SMILES string of the molecule is CC(C)C(CN(C)C)Nc1ccc(C#N)c2ccccc12. The van der Waals surface area contributed by atoms with Crippen molar-refractivity contribution < 1.29 is 0 Å². The number of hydrogen-bond acceptors (Lipinski definition) is 3. The van der Waals surface area contributed by atoms with E-state index in [2.05, 4.69) is 50.3 Å². The van der Waals surface area contributed by atoms with Crippen LogP contribution >= 0.6 is 0 Å². The van der Waals surface area contributed by atoms with Gasteiger partial charge in [-0.2, -0.15) is 5.26 Å². The van der Waals surface area contributed by atoms with Crippen molar-refractivity contribution in [2.75, 3.05) is 26.0 Å². The zero-order valence-corrected chi connectivity index (χ0v) is 13.2. The van der Waals surface area contributed by atoms with Gasteiger partial charge in [0, 0.05) is 29.0 Å². The summed E-state index contributed by atoms with van der Waals surface area (Å²) >= 11 is 0. The summed E-state index contributed by atoms with van der Waals surface area (Å²) in [5.41, 5.74) is 1.83. The van der Waals surface area contributed by atoms with Crippen molar-refractivity contribution in [1.29, 1.82) is 5.26 Å². The van der Waals surface area contributed by atoms with Gasteiger partial charge < -0.3 is 10.2 Å². The lowest BCUT2D eigenvalue weighted by Gasteiger charge is -2.27. The lowest BCUT2D eigenvalue weighted by Crippen LogP contribution is -2.36. The molecule has 1 atom stereocenters. The van der Waals surface area contributed by atoms with E-state index in [0.29, 0.717) is 12.0 Å². The average molecular weight is 281 g/mol. The van der Waals surface area contributed by atoms with E-state index in [4.69, 9.17) is 0 Å². The zero-order valence-electron chi connectivity index (χ0n) is 13.2. The number of likely N-dealkylation sites (N-methyl/N-ethyl adjacent to an activating group) is 1. The van der Waals surface area contributed by atoms with Gasteiger partial charge in [0.2, 0.25) is 0 Å². The number of benzene rings is 2. The summed E-state index contributed by atoms with van der Waals surface area (Å²) in [6.45, 7) is 5.44. The Morgan fingerprint density at radius 3 is 2.33 bits per heavy atom. The Hall–Kier alpha value is -2.05. The fourth-order valence-corrected chi connectivity index (χ4v) is 2.54. The number of nitrogens with zero attached hydrogens (tertiary/aromatic N) is 2. The van der Waals surface area contributed by atoms with Gasteiger partial charge in [-0.3, -0.25) is 0 Å². The molecule has 0 saturated heterocycles. The third kappa shape index (κ3) is 3.53. The Labute approximate surface area is 127 Å². The molecule has 0 amide bonds. The minimum Gasteiger partial charge on any atom is -0.380 e. The van der Waals surface area contributed by atoms with Crippen molar-refractivity contribution in [3.63, 3.8) is 0 Å². The van der Waals surface area contributed by atoms with E-state index in [9.17, 15) is 5.26 Å². The number of nitrogens with one attached hydrogen (secondary N) is 1. The molecule has 0 aromatic heterocycles. The maximum absolute atomic E-state index is 9.24. The van der Waals surface area contributed by atoms with Crippen LogP contribution in [0.3, 0.4) is 0 Å². The first-order valence-electron chi connectivity index (χ1n) is 7.36. The molecule has 3 nitrogen and oxygen atoms in total. The Morgan fingerprint density at radius 2 is 1.76 bits per heavy atom. The Balaban J connectivity index is 2.40. The summed E-state index contributed by atoms with van der Waals surface area (Å²) in [7, 11) is 4.18. The summed E-state index contributed by atoms with van der Waals surface area (Å²) in [6, 6.07) is 14.6. The minimum atomic E-state index is 0.372. The third-order valence-electron chi connectivity index (χ3n) is 3.75. The summed E-state index contributed by atoms with van der Waals surface area (Å²) in [5, 5.41) is 15.0. The summed E-state index contributed by atoms with van der Waals surface area (Å²) in [5.74, 6) is 0.529. The van der Waals surface area contributed by atoms with Crippen LogP contribution < -0.4 is 5.32 Å². The molecule has 0 spiro atoms. The van der Waals surface area contributed by atoms with Crippen molar-refractivity contribution in [3.05, 3.63) is 42.0 Å². The fourth-order valence-electron chi connectivity index (χ4n) is 2.54. The first kappa shape index (κ1) is 15.3. The molecule has 21 heavy (non-hydrogen) atoms. The highest BCUT2D eigenvalue weighted by Crippen LogP contribution is 2.27. The molecule has 0 aliphatic carbocycles. The van der Waals surface area contributed by atoms with Crippen LogP contribution in [0.4, 0.5) is 5.69 Å². The highest BCUT2D eigenvalue weighted by Gasteiger charge is 2.15. The quantitative estimate of drug-likeness (QED) is 0.908. The Morgan fingerprint density at radius 1 is 1.10 bits per heavy atom. The Kier molecular flexibility index (Phi) is 4.82. The maximum atomic E-state index is 9.24. The monoisotopic (exact) mass is 281 g/mol. The molecular weight excluding hydrogens is 258 g/mol. The van der Waals surface area contributed by atoms with Gasteiger partial charge in [0.25, 0.3) is 0 Å². The van der Waals surface area contributed by atoms with Gasteiger partial charge in [-0.25, -0.2) is 0 Å². The highest BCUT2D eigenvalue weighted by molar-refractivity contribution is 5.97. The van der Waals surface area contributed by atoms with Crippen molar-refractivity contribution in [2.24, 2.45) is 5.92 Å². The number of nitriles is 1. The van der Waals surface area contributed by atoms with Crippen LogP contribution in [0, 0.1) is 17.2 Å². The van der Waals surface area contributed by atoms with Crippen molar-refractivity contribution in [1.82, 2.24) is 4.90 Å². The zero-order chi connectivity index (χ0) is 15.4. The molecule has 0 fully saturated rings. The maximum Gasteiger partial charge on any atom is 0.0998 e. The lowest BCUT2D eigenvalue weighted by molar-refractivity contribution is 0.345. The lowest BCUT2D eigenvalue weighted by atomic mass is 10.00. The van der Waals surface area contributed by atoms with Gasteiger partial charge in [0.15, 0.2) is 0 Å². The predicted octanol–water partition coefficient (Wildman–Crippen LogP) is 3.71. The van der Waals surface area contributed by atoms with Crippen LogP contribution in [0.15, 0.2) is 36.4 Å². The van der Waals surface area contributed by atoms with Crippen molar-refractivity contribution in [3.8, 4) is 6.07 Å². The molecule has 0 radical (unpaired) electrons. The molecule has 2 aromatic rings. The number of rotatable bonds is 5. The van der Waals surface area contributed by atoms with E-state index in [1.54, 1.807) is 0 Å². The molecule has 0 heterocycles.